The van der Waals surface area contributed by atoms with E-state index in [2.05, 4.69) is 32.6 Å². The maximum absolute atomic E-state index is 14.2. The van der Waals surface area contributed by atoms with Gasteiger partial charge in [0, 0.05) is 18.3 Å². The topological polar surface area (TPSA) is 114 Å². The van der Waals surface area contributed by atoms with Crippen LogP contribution >= 0.6 is 11.6 Å². The molecule has 3 aromatic rings. The van der Waals surface area contributed by atoms with Gasteiger partial charge in [0.1, 0.15) is 6.17 Å². The summed E-state index contributed by atoms with van der Waals surface area (Å²) < 4.78 is 21.2. The van der Waals surface area contributed by atoms with Crippen molar-refractivity contribution in [1.82, 2.24) is 24.9 Å². The van der Waals surface area contributed by atoms with Crippen molar-refractivity contribution in [3.05, 3.63) is 41.4 Å². The number of carbonyl (C=O) groups is 1. The summed E-state index contributed by atoms with van der Waals surface area (Å²) in [5, 5.41) is 20.5. The molecule has 176 valence electrons. The van der Waals surface area contributed by atoms with Crippen molar-refractivity contribution in [3.8, 4) is 11.3 Å². The van der Waals surface area contributed by atoms with E-state index in [0.717, 1.165) is 0 Å². The van der Waals surface area contributed by atoms with Crippen molar-refractivity contribution in [3.63, 3.8) is 0 Å². The molecule has 1 amide bonds. The van der Waals surface area contributed by atoms with Crippen LogP contribution in [0.2, 0.25) is 5.02 Å². The molecule has 3 atom stereocenters. The maximum atomic E-state index is 14.2. The molecule has 4 heterocycles. The summed E-state index contributed by atoms with van der Waals surface area (Å²) in [4.78, 5) is 21.7. The van der Waals surface area contributed by atoms with Crippen LogP contribution in [0, 0.1) is 5.92 Å². The third-order valence-electron chi connectivity index (χ3n) is 5.66. The van der Waals surface area contributed by atoms with Gasteiger partial charge in [-0.1, -0.05) is 18.5 Å². The maximum Gasteiger partial charge on any atom is 0.255 e. The van der Waals surface area contributed by atoms with Crippen LogP contribution in [-0.4, -0.2) is 68.2 Å². The molecule has 0 spiro atoms. The summed E-state index contributed by atoms with van der Waals surface area (Å²) in [6, 6.07) is 1.74. The van der Waals surface area contributed by atoms with Gasteiger partial charge in [-0.15, -0.1) is 0 Å². The van der Waals surface area contributed by atoms with Crippen LogP contribution in [0.5, 0.6) is 0 Å². The van der Waals surface area contributed by atoms with Gasteiger partial charge in [-0.25, -0.2) is 13.9 Å². The molecule has 33 heavy (non-hydrogen) atoms. The Morgan fingerprint density at radius 1 is 1.36 bits per heavy atom. The smallest absolute Gasteiger partial charge is 0.255 e. The number of halogens is 2. The van der Waals surface area contributed by atoms with E-state index in [1.165, 1.54) is 26.2 Å². The number of hydrogen-bond acceptors (Lipinski definition) is 7. The van der Waals surface area contributed by atoms with Crippen LogP contribution in [0.25, 0.3) is 16.9 Å². The number of carbonyl (C=O) groups excluding carboxylic acids is 1. The van der Waals surface area contributed by atoms with E-state index in [-0.39, 0.29) is 24.1 Å². The molecule has 1 aliphatic rings. The van der Waals surface area contributed by atoms with Crippen LogP contribution in [0.1, 0.15) is 31.1 Å². The standard InChI is InChI=1S/C22H26ClFN6O3/c1-12-10-33-11-18(12)29-17-4-16(14-7-28-30-9-13(23)5-26-20(14)30)25-6-15(17)21(31)27-8-19(24)22(2,3)32/h4-7,9,12,18-19,32H,8,10-11H2,1-3H3,(H,25,29)(H,27,31)/t12-,18-,19-/m1/s1. The highest BCUT2D eigenvalue weighted by Gasteiger charge is 2.29. The third-order valence-corrected chi connectivity index (χ3v) is 5.86. The highest BCUT2D eigenvalue weighted by atomic mass is 35.5. The summed E-state index contributed by atoms with van der Waals surface area (Å²) in [5.41, 5.74) is 1.03. The van der Waals surface area contributed by atoms with Crippen LogP contribution in [-0.2, 0) is 4.74 Å². The zero-order valence-corrected chi connectivity index (χ0v) is 19.3. The Hall–Kier alpha value is -2.82. The first-order valence-electron chi connectivity index (χ1n) is 10.6. The Morgan fingerprint density at radius 2 is 2.15 bits per heavy atom. The minimum atomic E-state index is -1.62. The average molecular weight is 477 g/mol. The fourth-order valence-corrected chi connectivity index (χ4v) is 3.65. The number of rotatable bonds is 7. The lowest BCUT2D eigenvalue weighted by Gasteiger charge is -2.23. The normalized spacial score (nSPS) is 19.6. The lowest BCUT2D eigenvalue weighted by atomic mass is 10.0. The van der Waals surface area contributed by atoms with Crippen molar-refractivity contribution in [2.45, 2.75) is 38.6 Å². The fraction of sp³-hybridized carbons (Fsp3) is 0.455. The fourth-order valence-electron chi connectivity index (χ4n) is 3.51. The quantitative estimate of drug-likeness (QED) is 0.480. The zero-order chi connectivity index (χ0) is 23.8. The van der Waals surface area contributed by atoms with Gasteiger partial charge in [-0.05, 0) is 19.9 Å². The minimum Gasteiger partial charge on any atom is -0.387 e. The summed E-state index contributed by atoms with van der Waals surface area (Å²) in [5.74, 6) is -0.261. The molecule has 0 unspecified atom stereocenters. The molecule has 4 rings (SSSR count). The van der Waals surface area contributed by atoms with E-state index >= 15 is 0 Å². The molecular weight excluding hydrogens is 451 g/mol. The molecule has 9 nitrogen and oxygen atoms in total. The lowest BCUT2D eigenvalue weighted by molar-refractivity contribution is -0.00177. The van der Waals surface area contributed by atoms with Gasteiger partial charge in [-0.2, -0.15) is 5.10 Å². The first kappa shape index (κ1) is 23.3. The van der Waals surface area contributed by atoms with E-state index < -0.39 is 17.7 Å². The molecule has 3 aromatic heterocycles. The van der Waals surface area contributed by atoms with Crippen LogP contribution in [0.15, 0.2) is 30.9 Å². The van der Waals surface area contributed by atoms with Crippen molar-refractivity contribution in [1.29, 1.82) is 0 Å². The Morgan fingerprint density at radius 3 is 2.85 bits per heavy atom. The van der Waals surface area contributed by atoms with E-state index in [9.17, 15) is 14.3 Å². The van der Waals surface area contributed by atoms with Crippen LogP contribution < -0.4 is 10.6 Å². The number of fused-ring (bicyclic) bond motifs is 1. The molecule has 1 aliphatic heterocycles. The average Bonchev–Trinajstić information content (AvgIpc) is 3.36. The van der Waals surface area contributed by atoms with Crippen LogP contribution in [0.4, 0.5) is 10.1 Å². The van der Waals surface area contributed by atoms with Crippen molar-refractivity contribution in [2.24, 2.45) is 5.92 Å². The number of alkyl halides is 1. The van der Waals surface area contributed by atoms with Gasteiger partial charge in [0.05, 0.1) is 71.3 Å². The number of pyridine rings is 1. The molecule has 0 bridgehead atoms. The van der Waals surface area contributed by atoms with E-state index in [1.807, 2.05) is 0 Å². The SMILES string of the molecule is C[C@@H]1COC[C@H]1Nc1cc(-c2cnn3cc(Cl)cnc23)ncc1C(=O)NC[C@@H](F)C(C)(C)O. The number of hydrogen-bond donors (Lipinski definition) is 3. The zero-order valence-electron chi connectivity index (χ0n) is 18.5. The summed E-state index contributed by atoms with van der Waals surface area (Å²) in [6.45, 7) is 5.55. The Labute approximate surface area is 195 Å². The molecule has 0 radical (unpaired) electrons. The van der Waals surface area contributed by atoms with E-state index in [4.69, 9.17) is 16.3 Å². The number of anilines is 1. The number of nitrogens with one attached hydrogen (secondary N) is 2. The summed E-state index contributed by atoms with van der Waals surface area (Å²) in [6.07, 6.45) is 4.61. The number of nitrogens with zero attached hydrogens (tertiary/aromatic N) is 4. The molecule has 11 heteroatoms. The van der Waals surface area contributed by atoms with Gasteiger partial charge < -0.3 is 20.5 Å². The van der Waals surface area contributed by atoms with Gasteiger partial charge in [-0.3, -0.25) is 9.78 Å². The molecule has 1 fully saturated rings. The minimum absolute atomic E-state index is 0.00191. The number of aliphatic hydroxyl groups is 1. The highest BCUT2D eigenvalue weighted by Crippen LogP contribution is 2.28. The molecule has 0 aliphatic carbocycles. The molecule has 3 N–H and O–H groups in total. The monoisotopic (exact) mass is 476 g/mol. The Bertz CT molecular complexity index is 1160. The summed E-state index contributed by atoms with van der Waals surface area (Å²) in [7, 11) is 0. The predicted molar refractivity (Wildman–Crippen MR) is 122 cm³/mol. The second kappa shape index (κ2) is 9.20. The molecule has 0 aromatic carbocycles. The van der Waals surface area contributed by atoms with Gasteiger partial charge in [0.25, 0.3) is 5.91 Å². The molecular formula is C22H26ClFN6O3. The van der Waals surface area contributed by atoms with Crippen molar-refractivity contribution < 1.29 is 19.0 Å². The first-order chi connectivity index (χ1) is 15.6. The lowest BCUT2D eigenvalue weighted by Crippen LogP contribution is -2.42. The largest absolute Gasteiger partial charge is 0.387 e. The van der Waals surface area contributed by atoms with Crippen molar-refractivity contribution in [2.75, 3.05) is 25.1 Å². The number of aromatic nitrogens is 4. The van der Waals surface area contributed by atoms with Gasteiger partial charge in [0.2, 0.25) is 0 Å². The second-order valence-electron chi connectivity index (χ2n) is 8.81. The van der Waals surface area contributed by atoms with Gasteiger partial charge in [0.15, 0.2) is 5.65 Å². The number of ether oxygens (including phenoxy) is 1. The first-order valence-corrected chi connectivity index (χ1v) is 11.0. The second-order valence-corrected chi connectivity index (χ2v) is 9.25. The third kappa shape index (κ3) is 5.07. The van der Waals surface area contributed by atoms with E-state index in [1.54, 1.807) is 23.0 Å². The molecule has 0 saturated carbocycles. The number of amides is 1. The molecule has 1 saturated heterocycles. The Balaban J connectivity index is 1.66. The van der Waals surface area contributed by atoms with E-state index in [0.29, 0.717) is 40.8 Å². The highest BCUT2D eigenvalue weighted by molar-refractivity contribution is 6.30. The predicted octanol–water partition coefficient (Wildman–Crippen LogP) is 2.73. The summed E-state index contributed by atoms with van der Waals surface area (Å²) >= 11 is 6.00. The Kier molecular flexibility index (Phi) is 6.51. The van der Waals surface area contributed by atoms with Crippen LogP contribution in [0.3, 0.4) is 0 Å². The van der Waals surface area contributed by atoms with Gasteiger partial charge >= 0.3 is 0 Å². The van der Waals surface area contributed by atoms with Crippen molar-refractivity contribution >= 4 is 28.8 Å².